The van der Waals surface area contributed by atoms with Crippen molar-refractivity contribution >= 4 is 16.9 Å². The highest BCUT2D eigenvalue weighted by Crippen LogP contribution is 2.39. The summed E-state index contributed by atoms with van der Waals surface area (Å²) < 4.78 is 0. The van der Waals surface area contributed by atoms with E-state index in [-0.39, 0.29) is 0 Å². The van der Waals surface area contributed by atoms with Crippen LogP contribution in [0.4, 0.5) is 0 Å². The first-order valence-electron chi connectivity index (χ1n) is 6.50. The number of nitrogens with one attached hydrogen (secondary N) is 1. The zero-order valence-corrected chi connectivity index (χ0v) is 11.0. The van der Waals surface area contributed by atoms with Crippen molar-refractivity contribution in [3.05, 3.63) is 34.5 Å². The molecule has 1 aliphatic carbocycles. The summed E-state index contributed by atoms with van der Waals surface area (Å²) in [4.78, 5) is 14.4. The van der Waals surface area contributed by atoms with Crippen molar-refractivity contribution in [2.45, 2.75) is 32.8 Å². The molecule has 0 fully saturated rings. The largest absolute Gasteiger partial charge is 0.481 e. The van der Waals surface area contributed by atoms with Gasteiger partial charge in [0.15, 0.2) is 0 Å². The second-order valence-electron chi connectivity index (χ2n) is 5.44. The number of aliphatic hydroxyl groups excluding tert-OH is 1. The number of aryl methyl sites for hydroxylation is 2. The summed E-state index contributed by atoms with van der Waals surface area (Å²) in [5, 5.41) is 20.4. The Kier molecular flexibility index (Phi) is 2.64. The second kappa shape index (κ2) is 4.10. The van der Waals surface area contributed by atoms with Gasteiger partial charge in [0.1, 0.15) is 0 Å². The first-order chi connectivity index (χ1) is 8.99. The number of H-pyrrole nitrogens is 1. The Morgan fingerprint density at radius 1 is 1.37 bits per heavy atom. The van der Waals surface area contributed by atoms with Crippen LogP contribution in [-0.2, 0) is 11.2 Å². The highest BCUT2D eigenvalue weighted by atomic mass is 16.4. The number of aliphatic hydroxyl groups is 1. The lowest BCUT2D eigenvalue weighted by atomic mass is 9.84. The standard InChI is InChI=1S/C15H17NO3/c1-7-3-4-10-13-11(16-14(10)8(7)2)5-9(15(18)19)6-12(13)17/h3-4,9,12,16-17H,5-6H2,1-2H3,(H,18,19). The van der Waals surface area contributed by atoms with E-state index in [1.807, 2.05) is 26.0 Å². The zero-order valence-electron chi connectivity index (χ0n) is 11.0. The monoisotopic (exact) mass is 259 g/mol. The molecule has 0 bridgehead atoms. The van der Waals surface area contributed by atoms with E-state index in [9.17, 15) is 9.90 Å². The number of aromatic nitrogens is 1. The van der Waals surface area contributed by atoms with Gasteiger partial charge in [0.2, 0.25) is 0 Å². The van der Waals surface area contributed by atoms with E-state index in [1.54, 1.807) is 0 Å². The maximum Gasteiger partial charge on any atom is 0.306 e. The fraction of sp³-hybridized carbons (Fsp3) is 0.400. The van der Waals surface area contributed by atoms with Crippen LogP contribution in [-0.4, -0.2) is 21.2 Å². The molecule has 0 spiro atoms. The normalized spacial score (nSPS) is 22.5. The Hall–Kier alpha value is -1.81. The first kappa shape index (κ1) is 12.2. The Labute approximate surface area is 111 Å². The molecule has 1 aromatic heterocycles. The quantitative estimate of drug-likeness (QED) is 0.736. The highest BCUT2D eigenvalue weighted by molar-refractivity contribution is 5.89. The van der Waals surface area contributed by atoms with E-state index in [0.717, 1.165) is 27.7 Å². The van der Waals surface area contributed by atoms with Crippen LogP contribution in [0.1, 0.15) is 34.9 Å². The van der Waals surface area contributed by atoms with E-state index in [2.05, 4.69) is 4.98 Å². The predicted molar refractivity (Wildman–Crippen MR) is 72.2 cm³/mol. The van der Waals surface area contributed by atoms with Crippen molar-refractivity contribution in [3.8, 4) is 0 Å². The molecule has 0 amide bonds. The smallest absolute Gasteiger partial charge is 0.306 e. The number of benzene rings is 1. The molecule has 2 unspecified atom stereocenters. The number of carboxylic acid groups (broad SMARTS) is 1. The van der Waals surface area contributed by atoms with E-state index < -0.39 is 18.0 Å². The van der Waals surface area contributed by atoms with Crippen LogP contribution in [0.5, 0.6) is 0 Å². The fourth-order valence-electron chi connectivity index (χ4n) is 3.03. The molecule has 19 heavy (non-hydrogen) atoms. The molecule has 4 heteroatoms. The van der Waals surface area contributed by atoms with Crippen molar-refractivity contribution in [2.24, 2.45) is 5.92 Å². The van der Waals surface area contributed by atoms with Gasteiger partial charge < -0.3 is 15.2 Å². The molecular weight excluding hydrogens is 242 g/mol. The van der Waals surface area contributed by atoms with E-state index in [1.165, 1.54) is 5.56 Å². The van der Waals surface area contributed by atoms with Gasteiger partial charge in [-0.2, -0.15) is 0 Å². The van der Waals surface area contributed by atoms with Crippen molar-refractivity contribution in [3.63, 3.8) is 0 Å². The van der Waals surface area contributed by atoms with Crippen LogP contribution < -0.4 is 0 Å². The van der Waals surface area contributed by atoms with Crippen LogP contribution in [0, 0.1) is 19.8 Å². The second-order valence-corrected chi connectivity index (χ2v) is 5.44. The van der Waals surface area contributed by atoms with Crippen molar-refractivity contribution < 1.29 is 15.0 Å². The molecular formula is C15H17NO3. The van der Waals surface area contributed by atoms with Crippen LogP contribution in [0.3, 0.4) is 0 Å². The van der Waals surface area contributed by atoms with Gasteiger partial charge >= 0.3 is 5.97 Å². The summed E-state index contributed by atoms with van der Waals surface area (Å²) in [5.41, 5.74) is 5.13. The molecule has 1 aliphatic rings. The van der Waals surface area contributed by atoms with Gasteiger partial charge in [0.25, 0.3) is 0 Å². The topological polar surface area (TPSA) is 73.3 Å². The lowest BCUT2D eigenvalue weighted by molar-refractivity contribution is -0.143. The first-order valence-corrected chi connectivity index (χ1v) is 6.50. The number of fused-ring (bicyclic) bond motifs is 3. The van der Waals surface area contributed by atoms with E-state index in [0.29, 0.717) is 12.8 Å². The number of carbonyl (C=O) groups is 1. The van der Waals surface area contributed by atoms with E-state index >= 15 is 0 Å². The van der Waals surface area contributed by atoms with Crippen LogP contribution in [0.15, 0.2) is 12.1 Å². The molecule has 2 atom stereocenters. The summed E-state index contributed by atoms with van der Waals surface area (Å²) in [6.07, 6.45) is 0.0672. The van der Waals surface area contributed by atoms with Gasteiger partial charge in [-0.3, -0.25) is 4.79 Å². The molecule has 1 aromatic carbocycles. The maximum absolute atomic E-state index is 11.1. The van der Waals surface area contributed by atoms with Gasteiger partial charge in [-0.05, 0) is 31.4 Å². The summed E-state index contributed by atoms with van der Waals surface area (Å²) in [6.45, 7) is 4.09. The van der Waals surface area contributed by atoms with Crippen molar-refractivity contribution in [2.75, 3.05) is 0 Å². The Balaban J connectivity index is 2.21. The summed E-state index contributed by atoms with van der Waals surface area (Å²) in [5.74, 6) is -1.34. The average Bonchev–Trinajstić information content (AvgIpc) is 2.73. The average molecular weight is 259 g/mol. The molecule has 0 radical (unpaired) electrons. The molecule has 0 aliphatic heterocycles. The molecule has 0 saturated heterocycles. The summed E-state index contributed by atoms with van der Waals surface area (Å²) >= 11 is 0. The fourth-order valence-corrected chi connectivity index (χ4v) is 3.03. The molecule has 1 heterocycles. The number of hydrogen-bond donors (Lipinski definition) is 3. The van der Waals surface area contributed by atoms with Crippen molar-refractivity contribution in [1.82, 2.24) is 4.98 Å². The summed E-state index contributed by atoms with van der Waals surface area (Å²) in [7, 11) is 0. The molecule has 3 rings (SSSR count). The minimum atomic E-state index is -0.837. The van der Waals surface area contributed by atoms with Crippen LogP contribution in [0.2, 0.25) is 0 Å². The molecule has 0 saturated carbocycles. The molecule has 3 N–H and O–H groups in total. The van der Waals surface area contributed by atoms with E-state index in [4.69, 9.17) is 5.11 Å². The molecule has 100 valence electrons. The SMILES string of the molecule is Cc1ccc2c3c([nH]c2c1C)CC(C(=O)O)CC3O. The van der Waals surface area contributed by atoms with Gasteiger partial charge in [-0.1, -0.05) is 12.1 Å². The lowest BCUT2D eigenvalue weighted by Gasteiger charge is -2.23. The van der Waals surface area contributed by atoms with Crippen molar-refractivity contribution in [1.29, 1.82) is 0 Å². The van der Waals surface area contributed by atoms with Crippen LogP contribution >= 0.6 is 0 Å². The molecule has 4 nitrogen and oxygen atoms in total. The third-order valence-corrected chi connectivity index (χ3v) is 4.27. The number of rotatable bonds is 1. The third kappa shape index (κ3) is 1.75. The Morgan fingerprint density at radius 2 is 2.11 bits per heavy atom. The number of hydrogen-bond acceptors (Lipinski definition) is 2. The number of carboxylic acids is 1. The maximum atomic E-state index is 11.1. The van der Waals surface area contributed by atoms with Gasteiger partial charge in [-0.15, -0.1) is 0 Å². The third-order valence-electron chi connectivity index (χ3n) is 4.27. The lowest BCUT2D eigenvalue weighted by Crippen LogP contribution is -2.24. The Morgan fingerprint density at radius 3 is 2.79 bits per heavy atom. The molecule has 2 aromatic rings. The minimum absolute atomic E-state index is 0.294. The number of aromatic amines is 1. The zero-order chi connectivity index (χ0) is 13.7. The Bertz CT molecular complexity index is 672. The van der Waals surface area contributed by atoms with Gasteiger partial charge in [0, 0.05) is 28.6 Å². The van der Waals surface area contributed by atoms with Gasteiger partial charge in [0.05, 0.1) is 12.0 Å². The van der Waals surface area contributed by atoms with Crippen LogP contribution in [0.25, 0.3) is 10.9 Å². The number of aliphatic carboxylic acids is 1. The highest BCUT2D eigenvalue weighted by Gasteiger charge is 2.32. The predicted octanol–water partition coefficient (Wildman–Crippen LogP) is 2.47. The summed E-state index contributed by atoms with van der Waals surface area (Å²) in [6, 6.07) is 4.05. The van der Waals surface area contributed by atoms with Gasteiger partial charge in [-0.25, -0.2) is 0 Å². The minimum Gasteiger partial charge on any atom is -0.481 e.